The van der Waals surface area contributed by atoms with Crippen LogP contribution >= 0.6 is 0 Å². The van der Waals surface area contributed by atoms with E-state index in [0.717, 1.165) is 24.2 Å². The first kappa shape index (κ1) is 13.1. The molecule has 0 N–H and O–H groups in total. The monoisotopic (exact) mass is 312 g/mol. The lowest BCUT2D eigenvalue weighted by atomic mass is 9.80. The molecule has 2 aliphatic carbocycles. The van der Waals surface area contributed by atoms with Gasteiger partial charge in [-0.15, -0.1) is 0 Å². The van der Waals surface area contributed by atoms with Crippen molar-refractivity contribution < 1.29 is 18.8 Å². The van der Waals surface area contributed by atoms with E-state index < -0.39 is 0 Å². The van der Waals surface area contributed by atoms with Gasteiger partial charge in [0, 0.05) is 11.5 Å². The number of methoxy groups -OCH3 is 1. The molecule has 0 unspecified atom stereocenters. The molecule has 2 saturated carbocycles. The van der Waals surface area contributed by atoms with Crippen LogP contribution in [-0.2, 0) is 9.53 Å². The zero-order valence-electron chi connectivity index (χ0n) is 12.6. The molecule has 6 heteroatoms. The molecule has 2 bridgehead atoms. The highest BCUT2D eigenvalue weighted by molar-refractivity contribution is 5.78. The van der Waals surface area contributed by atoms with Crippen molar-refractivity contribution in [3.8, 4) is 17.1 Å². The van der Waals surface area contributed by atoms with Crippen molar-refractivity contribution in [3.63, 3.8) is 0 Å². The number of fused-ring (bicyclic) bond motifs is 1. The van der Waals surface area contributed by atoms with Crippen LogP contribution in [0.5, 0.6) is 5.75 Å². The highest BCUT2D eigenvalue weighted by atomic mass is 16.6. The van der Waals surface area contributed by atoms with Crippen molar-refractivity contribution in [3.05, 3.63) is 30.2 Å². The van der Waals surface area contributed by atoms with Crippen molar-refractivity contribution >= 4 is 5.97 Å². The Bertz CT molecular complexity index is 784. The molecule has 1 aromatic heterocycles. The zero-order chi connectivity index (χ0) is 15.6. The van der Waals surface area contributed by atoms with Gasteiger partial charge in [-0.3, -0.25) is 4.79 Å². The van der Waals surface area contributed by atoms with Crippen LogP contribution in [0.3, 0.4) is 0 Å². The van der Waals surface area contributed by atoms with Crippen LogP contribution in [0, 0.1) is 17.8 Å². The van der Waals surface area contributed by atoms with Gasteiger partial charge in [0.05, 0.1) is 18.9 Å². The molecule has 0 amide bonds. The lowest BCUT2D eigenvalue weighted by Gasteiger charge is -2.20. The third kappa shape index (κ3) is 1.77. The number of hydrogen-bond acceptors (Lipinski definition) is 6. The van der Waals surface area contributed by atoms with Crippen LogP contribution < -0.4 is 4.74 Å². The fraction of sp³-hybridized carbons (Fsp3) is 0.471. The van der Waals surface area contributed by atoms with Gasteiger partial charge in [0.1, 0.15) is 11.9 Å². The molecule has 1 aromatic carbocycles. The van der Waals surface area contributed by atoms with Gasteiger partial charge in [-0.25, -0.2) is 0 Å². The Hall–Kier alpha value is -2.37. The van der Waals surface area contributed by atoms with E-state index in [1.54, 1.807) is 7.11 Å². The van der Waals surface area contributed by atoms with E-state index in [1.165, 1.54) is 0 Å². The number of rotatable bonds is 3. The third-order valence-corrected chi connectivity index (χ3v) is 5.54. The summed E-state index contributed by atoms with van der Waals surface area (Å²) < 4.78 is 16.2. The molecule has 1 aliphatic heterocycles. The molecule has 5 rings (SSSR count). The lowest BCUT2D eigenvalue weighted by Crippen LogP contribution is -2.24. The fourth-order valence-corrected chi connectivity index (χ4v) is 4.59. The summed E-state index contributed by atoms with van der Waals surface area (Å²) in [5.41, 5.74) is 0.842. The normalized spacial score (nSPS) is 34.0. The molecule has 6 nitrogen and oxygen atoms in total. The van der Waals surface area contributed by atoms with Gasteiger partial charge in [0.2, 0.25) is 11.7 Å². The van der Waals surface area contributed by atoms with Crippen LogP contribution in [0.1, 0.15) is 24.7 Å². The number of aromatic nitrogens is 2. The molecule has 3 aliphatic rings. The predicted octanol–water partition coefficient (Wildman–Crippen LogP) is 2.41. The number of benzene rings is 1. The smallest absolute Gasteiger partial charge is 0.310 e. The number of nitrogens with zero attached hydrogens (tertiary/aromatic N) is 2. The van der Waals surface area contributed by atoms with Crippen LogP contribution in [0.2, 0.25) is 0 Å². The molecular formula is C17H16N2O4. The molecule has 0 radical (unpaired) electrons. The van der Waals surface area contributed by atoms with Crippen molar-refractivity contribution in [2.45, 2.75) is 24.9 Å². The van der Waals surface area contributed by atoms with Crippen LogP contribution in [-0.4, -0.2) is 29.3 Å². The minimum absolute atomic E-state index is 0.0121. The van der Waals surface area contributed by atoms with Crippen LogP contribution in [0.4, 0.5) is 0 Å². The van der Waals surface area contributed by atoms with Gasteiger partial charge in [-0.1, -0.05) is 17.3 Å². The van der Waals surface area contributed by atoms with E-state index in [9.17, 15) is 4.79 Å². The van der Waals surface area contributed by atoms with Crippen molar-refractivity contribution in [1.82, 2.24) is 10.1 Å². The van der Waals surface area contributed by atoms with Crippen molar-refractivity contribution in [1.29, 1.82) is 0 Å². The third-order valence-electron chi connectivity index (χ3n) is 5.54. The molecule has 2 heterocycles. The summed E-state index contributed by atoms with van der Waals surface area (Å²) in [5.74, 6) is 2.42. The fourth-order valence-electron chi connectivity index (χ4n) is 4.59. The predicted molar refractivity (Wildman–Crippen MR) is 78.6 cm³/mol. The van der Waals surface area contributed by atoms with Crippen molar-refractivity contribution in [2.75, 3.05) is 7.11 Å². The standard InChI is InChI=1S/C17H16N2O4/c1-21-10-4-2-3-8(5-10)15-18-16(23-19-15)13-9-6-11-12(7-9)22-17(20)14(11)13/h2-5,9,11-14H,6-7H2,1H3/t9-,11-,12-,13+,14+/m1/s1. The maximum Gasteiger partial charge on any atom is 0.310 e. The molecule has 0 spiro atoms. The average Bonchev–Trinajstić information content (AvgIpc) is 3.30. The van der Waals surface area contributed by atoms with E-state index in [2.05, 4.69) is 10.1 Å². The summed E-state index contributed by atoms with van der Waals surface area (Å²) in [5, 5.41) is 4.10. The second-order valence-electron chi connectivity index (χ2n) is 6.61. The topological polar surface area (TPSA) is 74.5 Å². The van der Waals surface area contributed by atoms with Gasteiger partial charge < -0.3 is 14.0 Å². The second kappa shape index (κ2) is 4.57. The Balaban J connectivity index is 1.49. The first-order chi connectivity index (χ1) is 11.2. The highest BCUT2D eigenvalue weighted by Crippen LogP contribution is 2.61. The molecule has 118 valence electrons. The molecule has 2 aromatic rings. The van der Waals surface area contributed by atoms with Gasteiger partial charge in [-0.05, 0) is 30.9 Å². The van der Waals surface area contributed by atoms with E-state index in [0.29, 0.717) is 23.6 Å². The summed E-state index contributed by atoms with van der Waals surface area (Å²) >= 11 is 0. The van der Waals surface area contributed by atoms with Crippen molar-refractivity contribution in [2.24, 2.45) is 17.8 Å². The number of carbonyl (C=O) groups excluding carboxylic acids is 1. The van der Waals surface area contributed by atoms with Gasteiger partial charge in [-0.2, -0.15) is 4.98 Å². The number of ether oxygens (including phenoxy) is 2. The minimum atomic E-state index is -0.0997. The summed E-state index contributed by atoms with van der Waals surface area (Å²) in [6.45, 7) is 0. The molecule has 1 saturated heterocycles. The zero-order valence-corrected chi connectivity index (χ0v) is 12.6. The SMILES string of the molecule is COc1cccc(-c2noc([C@H]3[C@@H]4C[C@H]5[C@@H]3C(=O)O[C@@H]5C4)n2)c1. The van der Waals surface area contributed by atoms with Gasteiger partial charge >= 0.3 is 5.97 Å². The average molecular weight is 312 g/mol. The Labute approximate surface area is 132 Å². The van der Waals surface area contributed by atoms with Gasteiger partial charge in [0.15, 0.2) is 0 Å². The summed E-state index contributed by atoms with van der Waals surface area (Å²) in [7, 11) is 1.62. The summed E-state index contributed by atoms with van der Waals surface area (Å²) in [6.07, 6.45) is 2.08. The first-order valence-corrected chi connectivity index (χ1v) is 7.93. The Morgan fingerprint density at radius 2 is 2.17 bits per heavy atom. The van der Waals surface area contributed by atoms with Crippen LogP contribution in [0.15, 0.2) is 28.8 Å². The Kier molecular flexibility index (Phi) is 2.60. The van der Waals surface area contributed by atoms with Crippen LogP contribution in [0.25, 0.3) is 11.4 Å². The number of hydrogen-bond donors (Lipinski definition) is 0. The Morgan fingerprint density at radius 1 is 1.26 bits per heavy atom. The lowest BCUT2D eigenvalue weighted by molar-refractivity contribution is -0.143. The largest absolute Gasteiger partial charge is 0.497 e. The quantitative estimate of drug-likeness (QED) is 0.810. The van der Waals surface area contributed by atoms with E-state index >= 15 is 0 Å². The number of carbonyl (C=O) groups is 1. The molecule has 3 fully saturated rings. The highest BCUT2D eigenvalue weighted by Gasteiger charge is 2.63. The molecule has 5 atom stereocenters. The van der Waals surface area contributed by atoms with E-state index in [-0.39, 0.29) is 23.9 Å². The minimum Gasteiger partial charge on any atom is -0.497 e. The number of esters is 1. The summed E-state index contributed by atoms with van der Waals surface area (Å²) in [4.78, 5) is 16.7. The van der Waals surface area contributed by atoms with E-state index in [1.807, 2.05) is 24.3 Å². The first-order valence-electron chi connectivity index (χ1n) is 7.93. The Morgan fingerprint density at radius 3 is 3.04 bits per heavy atom. The molecule has 23 heavy (non-hydrogen) atoms. The summed E-state index contributed by atoms with van der Waals surface area (Å²) in [6, 6.07) is 7.54. The van der Waals surface area contributed by atoms with Gasteiger partial charge in [0.25, 0.3) is 0 Å². The second-order valence-corrected chi connectivity index (χ2v) is 6.61. The maximum absolute atomic E-state index is 12.1. The molecular weight excluding hydrogens is 296 g/mol. The maximum atomic E-state index is 12.1. The van der Waals surface area contributed by atoms with E-state index in [4.69, 9.17) is 14.0 Å².